The lowest BCUT2D eigenvalue weighted by Crippen LogP contribution is -1.93. The van der Waals surface area contributed by atoms with Gasteiger partial charge in [-0.25, -0.2) is 0 Å². The van der Waals surface area contributed by atoms with Crippen LogP contribution in [0.4, 0.5) is 5.69 Å². The number of hydrogen-bond donors (Lipinski definition) is 1. The van der Waals surface area contributed by atoms with Crippen molar-refractivity contribution < 1.29 is 4.52 Å². The molecule has 2 N–H and O–H groups in total. The van der Waals surface area contributed by atoms with Crippen molar-refractivity contribution in [1.29, 1.82) is 0 Å². The molecule has 1 aromatic heterocycles. The van der Waals surface area contributed by atoms with Crippen molar-refractivity contribution in [1.82, 2.24) is 10.1 Å². The van der Waals surface area contributed by atoms with Crippen LogP contribution < -0.4 is 5.73 Å². The SMILES string of the molecule is Cc1cc(N)cc(-c2nc(C3CC3C)no2)c1C. The second-order valence-corrected chi connectivity index (χ2v) is 5.29. The number of hydrogen-bond acceptors (Lipinski definition) is 4. The van der Waals surface area contributed by atoms with Crippen LogP contribution in [0.5, 0.6) is 0 Å². The first-order valence-corrected chi connectivity index (χ1v) is 6.27. The fourth-order valence-corrected chi connectivity index (χ4v) is 2.29. The molecule has 0 bridgehead atoms. The first-order chi connectivity index (χ1) is 8.56. The van der Waals surface area contributed by atoms with E-state index < -0.39 is 0 Å². The summed E-state index contributed by atoms with van der Waals surface area (Å²) in [6, 6.07) is 3.86. The van der Waals surface area contributed by atoms with Crippen molar-refractivity contribution in [3.63, 3.8) is 0 Å². The molecule has 1 aliphatic carbocycles. The van der Waals surface area contributed by atoms with Gasteiger partial charge >= 0.3 is 0 Å². The standard InChI is InChI=1S/C14H17N3O/c1-7-4-10(15)6-12(9(7)3)14-16-13(17-18-14)11-5-8(11)2/h4,6,8,11H,5,15H2,1-3H3. The summed E-state index contributed by atoms with van der Waals surface area (Å²) in [5.41, 5.74) is 9.84. The molecule has 4 nitrogen and oxygen atoms in total. The number of aryl methyl sites for hydroxylation is 1. The summed E-state index contributed by atoms with van der Waals surface area (Å²) in [6.07, 6.45) is 1.16. The van der Waals surface area contributed by atoms with Crippen molar-refractivity contribution >= 4 is 5.69 Å². The van der Waals surface area contributed by atoms with Crippen molar-refractivity contribution in [2.45, 2.75) is 33.1 Å². The van der Waals surface area contributed by atoms with E-state index in [-0.39, 0.29) is 0 Å². The maximum atomic E-state index is 5.88. The highest BCUT2D eigenvalue weighted by molar-refractivity contribution is 5.66. The summed E-state index contributed by atoms with van der Waals surface area (Å²) in [5.74, 6) is 2.57. The molecule has 0 amide bonds. The number of nitrogens with two attached hydrogens (primary N) is 1. The molecule has 0 radical (unpaired) electrons. The number of nitrogen functional groups attached to an aromatic ring is 1. The van der Waals surface area contributed by atoms with Gasteiger partial charge in [0, 0.05) is 17.2 Å². The predicted molar refractivity (Wildman–Crippen MR) is 70.1 cm³/mol. The zero-order valence-corrected chi connectivity index (χ0v) is 10.9. The van der Waals surface area contributed by atoms with Gasteiger partial charge in [0.05, 0.1) is 0 Å². The van der Waals surface area contributed by atoms with E-state index in [0.717, 1.165) is 34.6 Å². The summed E-state index contributed by atoms with van der Waals surface area (Å²) >= 11 is 0. The zero-order valence-electron chi connectivity index (χ0n) is 10.9. The molecule has 18 heavy (non-hydrogen) atoms. The average molecular weight is 243 g/mol. The number of anilines is 1. The maximum Gasteiger partial charge on any atom is 0.258 e. The third kappa shape index (κ3) is 1.78. The molecule has 2 atom stereocenters. The molecule has 1 aromatic carbocycles. The lowest BCUT2D eigenvalue weighted by Gasteiger charge is -2.06. The van der Waals surface area contributed by atoms with Gasteiger partial charge in [-0.05, 0) is 49.4 Å². The minimum absolute atomic E-state index is 0.477. The second kappa shape index (κ2) is 3.83. The molecule has 1 saturated carbocycles. The van der Waals surface area contributed by atoms with E-state index in [2.05, 4.69) is 17.1 Å². The van der Waals surface area contributed by atoms with E-state index >= 15 is 0 Å². The molecule has 0 saturated heterocycles. The summed E-state index contributed by atoms with van der Waals surface area (Å²) in [7, 11) is 0. The van der Waals surface area contributed by atoms with Crippen molar-refractivity contribution in [2.75, 3.05) is 5.73 Å². The molecule has 94 valence electrons. The molecule has 2 aromatic rings. The lowest BCUT2D eigenvalue weighted by molar-refractivity contribution is 0.421. The van der Waals surface area contributed by atoms with E-state index in [1.165, 1.54) is 0 Å². The number of benzene rings is 1. The van der Waals surface area contributed by atoms with Crippen LogP contribution in [0.15, 0.2) is 16.7 Å². The van der Waals surface area contributed by atoms with Crippen LogP contribution in [0.25, 0.3) is 11.5 Å². The van der Waals surface area contributed by atoms with E-state index in [1.807, 2.05) is 26.0 Å². The summed E-state index contributed by atoms with van der Waals surface area (Å²) in [6.45, 7) is 6.29. The van der Waals surface area contributed by atoms with Crippen LogP contribution in [-0.4, -0.2) is 10.1 Å². The van der Waals surface area contributed by atoms with Gasteiger partial charge in [0.2, 0.25) is 0 Å². The molecule has 2 unspecified atom stereocenters. The Bertz CT molecular complexity index is 603. The largest absolute Gasteiger partial charge is 0.399 e. The molecule has 1 fully saturated rings. The minimum Gasteiger partial charge on any atom is -0.399 e. The highest BCUT2D eigenvalue weighted by Gasteiger charge is 2.38. The van der Waals surface area contributed by atoms with Gasteiger partial charge < -0.3 is 10.3 Å². The summed E-state index contributed by atoms with van der Waals surface area (Å²) in [4.78, 5) is 4.50. The smallest absolute Gasteiger partial charge is 0.258 e. The quantitative estimate of drug-likeness (QED) is 0.823. The Balaban J connectivity index is 2.02. The lowest BCUT2D eigenvalue weighted by atomic mass is 10.0. The van der Waals surface area contributed by atoms with Gasteiger partial charge in [-0.3, -0.25) is 0 Å². The van der Waals surface area contributed by atoms with Gasteiger partial charge in [0.25, 0.3) is 5.89 Å². The van der Waals surface area contributed by atoms with Crippen molar-refractivity contribution in [3.05, 3.63) is 29.1 Å². The Kier molecular flexibility index (Phi) is 2.40. The average Bonchev–Trinajstić information content (AvgIpc) is 2.87. The van der Waals surface area contributed by atoms with Crippen molar-refractivity contribution in [3.8, 4) is 11.5 Å². The molecule has 3 rings (SSSR count). The fourth-order valence-electron chi connectivity index (χ4n) is 2.29. The third-order valence-corrected chi connectivity index (χ3v) is 3.80. The predicted octanol–water partition coefficient (Wildman–Crippen LogP) is 3.06. The Morgan fingerprint density at radius 2 is 2.06 bits per heavy atom. The van der Waals surface area contributed by atoms with Crippen molar-refractivity contribution in [2.24, 2.45) is 5.92 Å². The van der Waals surface area contributed by atoms with E-state index in [0.29, 0.717) is 17.7 Å². The number of rotatable bonds is 2. The van der Waals surface area contributed by atoms with Gasteiger partial charge in [-0.15, -0.1) is 0 Å². The van der Waals surface area contributed by atoms with Crippen LogP contribution in [0.3, 0.4) is 0 Å². The molecule has 0 spiro atoms. The molecular formula is C14H17N3O. The fraction of sp³-hybridized carbons (Fsp3) is 0.429. The first kappa shape index (κ1) is 11.3. The van der Waals surface area contributed by atoms with Crippen LogP contribution in [0.1, 0.15) is 36.2 Å². The Labute approximate surface area is 106 Å². The number of aromatic nitrogens is 2. The van der Waals surface area contributed by atoms with E-state index in [1.54, 1.807) is 0 Å². The van der Waals surface area contributed by atoms with Gasteiger partial charge in [0.1, 0.15) is 0 Å². The normalized spacial score (nSPS) is 22.2. The number of nitrogens with zero attached hydrogens (tertiary/aromatic N) is 2. The zero-order chi connectivity index (χ0) is 12.9. The molecule has 1 aliphatic rings. The van der Waals surface area contributed by atoms with Crippen LogP contribution in [0, 0.1) is 19.8 Å². The van der Waals surface area contributed by atoms with Gasteiger partial charge in [-0.1, -0.05) is 12.1 Å². The summed E-state index contributed by atoms with van der Waals surface area (Å²) in [5, 5.41) is 4.08. The molecule has 4 heteroatoms. The first-order valence-electron chi connectivity index (χ1n) is 6.27. The van der Waals surface area contributed by atoms with Gasteiger partial charge in [0.15, 0.2) is 5.82 Å². The van der Waals surface area contributed by atoms with Crippen LogP contribution >= 0.6 is 0 Å². The third-order valence-electron chi connectivity index (χ3n) is 3.80. The molecule has 0 aliphatic heterocycles. The maximum absolute atomic E-state index is 5.88. The summed E-state index contributed by atoms with van der Waals surface area (Å²) < 4.78 is 5.37. The van der Waals surface area contributed by atoms with E-state index in [9.17, 15) is 0 Å². The molecule has 1 heterocycles. The van der Waals surface area contributed by atoms with Gasteiger partial charge in [-0.2, -0.15) is 4.98 Å². The topological polar surface area (TPSA) is 64.9 Å². The second-order valence-electron chi connectivity index (χ2n) is 5.29. The monoisotopic (exact) mass is 243 g/mol. The van der Waals surface area contributed by atoms with E-state index in [4.69, 9.17) is 10.3 Å². The Morgan fingerprint density at radius 3 is 2.72 bits per heavy atom. The highest BCUT2D eigenvalue weighted by atomic mass is 16.5. The molecular weight excluding hydrogens is 226 g/mol. The Hall–Kier alpha value is -1.84. The van der Waals surface area contributed by atoms with Crippen LogP contribution in [-0.2, 0) is 0 Å². The minimum atomic E-state index is 0.477. The highest BCUT2D eigenvalue weighted by Crippen LogP contribution is 2.46. The van der Waals surface area contributed by atoms with Crippen LogP contribution in [0.2, 0.25) is 0 Å². The Morgan fingerprint density at radius 1 is 1.33 bits per heavy atom.